The van der Waals surface area contributed by atoms with Crippen LogP contribution in [0, 0.1) is 18.7 Å². The average Bonchev–Trinajstić information content (AvgIpc) is 3.59. The van der Waals surface area contributed by atoms with Crippen molar-refractivity contribution >= 4 is 34.9 Å². The van der Waals surface area contributed by atoms with Crippen LogP contribution >= 0.6 is 0 Å². The molecule has 0 amide bonds. The maximum atomic E-state index is 14.2. The predicted molar refractivity (Wildman–Crippen MR) is 174 cm³/mol. The first-order valence-corrected chi connectivity index (χ1v) is 14.6. The molecule has 0 unspecified atom stereocenters. The van der Waals surface area contributed by atoms with Crippen LogP contribution in [0.15, 0.2) is 73.2 Å². The SMILES string of the molecule is C=C(CC1CCNCC1)Nc1cncc(/C(C)=C/C=c2/[nH]nc(-c3nc4c(-c5cc(C)cc(F)c5)cccc4[nH]3)c2=C)c1. The highest BCUT2D eigenvalue weighted by atomic mass is 19.1. The normalized spacial score (nSPS) is 14.9. The molecule has 43 heavy (non-hydrogen) atoms. The summed E-state index contributed by atoms with van der Waals surface area (Å²) in [7, 11) is 0. The average molecular weight is 574 g/mol. The van der Waals surface area contributed by atoms with E-state index < -0.39 is 0 Å². The van der Waals surface area contributed by atoms with Crippen molar-refractivity contribution < 1.29 is 4.39 Å². The van der Waals surface area contributed by atoms with E-state index in [1.165, 1.54) is 25.0 Å². The number of halogens is 1. The van der Waals surface area contributed by atoms with E-state index in [-0.39, 0.29) is 5.82 Å². The zero-order chi connectivity index (χ0) is 29.9. The number of pyridine rings is 1. The lowest BCUT2D eigenvalue weighted by Gasteiger charge is -2.23. The van der Waals surface area contributed by atoms with Gasteiger partial charge >= 0.3 is 0 Å². The molecule has 5 aromatic rings. The van der Waals surface area contributed by atoms with Crippen molar-refractivity contribution in [1.82, 2.24) is 30.5 Å². The Morgan fingerprint density at radius 2 is 1.98 bits per heavy atom. The van der Waals surface area contributed by atoms with Gasteiger partial charge in [-0.1, -0.05) is 37.4 Å². The molecular formula is C35H36FN7. The molecule has 7 nitrogen and oxygen atoms in total. The minimum absolute atomic E-state index is 0.268. The fourth-order valence-corrected chi connectivity index (χ4v) is 5.70. The number of benzene rings is 2. The summed E-state index contributed by atoms with van der Waals surface area (Å²) in [6.45, 7) is 14.6. The highest BCUT2D eigenvalue weighted by molar-refractivity contribution is 5.93. The van der Waals surface area contributed by atoms with Gasteiger partial charge in [-0.05, 0) is 105 Å². The van der Waals surface area contributed by atoms with Crippen molar-refractivity contribution in [2.24, 2.45) is 5.92 Å². The summed E-state index contributed by atoms with van der Waals surface area (Å²) in [5, 5.41) is 16.0. The van der Waals surface area contributed by atoms with Gasteiger partial charge in [0.1, 0.15) is 11.5 Å². The Morgan fingerprint density at radius 3 is 2.79 bits per heavy atom. The number of anilines is 1. The van der Waals surface area contributed by atoms with Crippen LogP contribution in [0.25, 0.3) is 51.9 Å². The van der Waals surface area contributed by atoms with Gasteiger partial charge in [0, 0.05) is 22.7 Å². The fourth-order valence-electron chi connectivity index (χ4n) is 5.70. The van der Waals surface area contributed by atoms with Crippen LogP contribution in [0.5, 0.6) is 0 Å². The maximum absolute atomic E-state index is 14.2. The van der Waals surface area contributed by atoms with Crippen LogP contribution in [-0.2, 0) is 0 Å². The molecule has 4 heterocycles. The van der Waals surface area contributed by atoms with E-state index >= 15 is 0 Å². The molecule has 2 aromatic carbocycles. The molecule has 1 saturated heterocycles. The van der Waals surface area contributed by atoms with Crippen molar-refractivity contribution in [2.75, 3.05) is 18.4 Å². The van der Waals surface area contributed by atoms with Gasteiger partial charge in [-0.2, -0.15) is 5.10 Å². The van der Waals surface area contributed by atoms with Gasteiger partial charge in [0.05, 0.1) is 28.3 Å². The summed E-state index contributed by atoms with van der Waals surface area (Å²) < 4.78 is 14.2. The minimum atomic E-state index is -0.268. The van der Waals surface area contributed by atoms with Crippen molar-refractivity contribution in [3.8, 4) is 22.6 Å². The van der Waals surface area contributed by atoms with Gasteiger partial charge in [-0.25, -0.2) is 9.37 Å². The maximum Gasteiger partial charge on any atom is 0.159 e. The number of piperidine rings is 1. The topological polar surface area (TPSA) is 94.3 Å². The molecule has 1 aliphatic rings. The van der Waals surface area contributed by atoms with E-state index in [9.17, 15) is 4.39 Å². The zero-order valence-electron chi connectivity index (χ0n) is 24.6. The molecule has 0 radical (unpaired) electrons. The number of imidazole rings is 1. The van der Waals surface area contributed by atoms with Crippen LogP contribution in [0.3, 0.4) is 0 Å². The van der Waals surface area contributed by atoms with Gasteiger partial charge in [-0.15, -0.1) is 0 Å². The van der Waals surface area contributed by atoms with Crippen LogP contribution in [-0.4, -0.2) is 38.2 Å². The third kappa shape index (κ3) is 6.34. The number of para-hydroxylation sites is 1. The molecule has 3 aromatic heterocycles. The molecule has 8 heteroatoms. The smallest absolute Gasteiger partial charge is 0.159 e. The standard InChI is InChI=1S/C35H36FN7/c1-21-14-26(17-28(36)15-21)30-6-5-7-32-34(30)41-35(40-32)33-24(4)31(42-43-33)9-8-22(2)27-18-29(20-38-19-27)39-23(3)16-25-10-12-37-13-11-25/h5-9,14-15,17-20,25,37,39,42H,3-4,10-13,16H2,1-2H3,(H,40,41)/b22-8+,31-9+. The molecular weight excluding hydrogens is 537 g/mol. The number of H-pyrrole nitrogens is 2. The molecule has 1 fully saturated rings. The molecule has 218 valence electrons. The van der Waals surface area contributed by atoms with Crippen LogP contribution < -0.4 is 21.2 Å². The van der Waals surface area contributed by atoms with E-state index in [1.54, 1.807) is 0 Å². The van der Waals surface area contributed by atoms with E-state index in [1.807, 2.05) is 55.7 Å². The summed E-state index contributed by atoms with van der Waals surface area (Å²) in [5.74, 6) is 1.00. The first-order chi connectivity index (χ1) is 20.8. The van der Waals surface area contributed by atoms with Gasteiger partial charge in [0.15, 0.2) is 5.82 Å². The molecule has 0 spiro atoms. The van der Waals surface area contributed by atoms with E-state index in [0.29, 0.717) is 17.4 Å². The Bertz CT molecular complexity index is 1920. The number of rotatable bonds is 8. The molecule has 0 saturated carbocycles. The monoisotopic (exact) mass is 573 g/mol. The second-order valence-corrected chi connectivity index (χ2v) is 11.4. The van der Waals surface area contributed by atoms with E-state index in [4.69, 9.17) is 4.98 Å². The van der Waals surface area contributed by atoms with Crippen molar-refractivity contribution in [3.63, 3.8) is 0 Å². The molecule has 0 atom stereocenters. The van der Waals surface area contributed by atoms with Crippen LogP contribution in [0.4, 0.5) is 10.1 Å². The summed E-state index contributed by atoms with van der Waals surface area (Å²) in [4.78, 5) is 12.7. The number of allylic oxidation sites excluding steroid dienone is 3. The summed E-state index contributed by atoms with van der Waals surface area (Å²) in [5.41, 5.74) is 8.75. The zero-order valence-corrected chi connectivity index (χ0v) is 24.6. The van der Waals surface area contributed by atoms with Crippen molar-refractivity contribution in [2.45, 2.75) is 33.1 Å². The van der Waals surface area contributed by atoms with Crippen LogP contribution in [0.2, 0.25) is 0 Å². The quantitative estimate of drug-likeness (QED) is 0.181. The van der Waals surface area contributed by atoms with Crippen LogP contribution in [0.1, 0.15) is 37.3 Å². The fraction of sp³-hybridized carbons (Fsp3) is 0.229. The molecule has 1 aliphatic heterocycles. The predicted octanol–water partition coefficient (Wildman–Crippen LogP) is 6.07. The third-order valence-electron chi connectivity index (χ3n) is 8.00. The molecule has 0 bridgehead atoms. The minimum Gasteiger partial charge on any atom is -0.358 e. The number of aryl methyl sites for hydroxylation is 1. The number of aromatic amines is 2. The largest absolute Gasteiger partial charge is 0.358 e. The summed E-state index contributed by atoms with van der Waals surface area (Å²) in [6, 6.07) is 12.9. The van der Waals surface area contributed by atoms with Crippen molar-refractivity contribution in [3.05, 3.63) is 101 Å². The Labute approximate surface area is 250 Å². The number of aromatic nitrogens is 5. The van der Waals surface area contributed by atoms with E-state index in [2.05, 4.69) is 56.9 Å². The molecule has 4 N–H and O–H groups in total. The Kier molecular flexibility index (Phi) is 8.03. The summed E-state index contributed by atoms with van der Waals surface area (Å²) in [6.07, 6.45) is 11.0. The lowest BCUT2D eigenvalue weighted by atomic mass is 9.93. The Hall–Kier alpha value is -4.82. The third-order valence-corrected chi connectivity index (χ3v) is 8.00. The first-order valence-electron chi connectivity index (χ1n) is 14.6. The Balaban J connectivity index is 1.22. The first kappa shape index (κ1) is 28.3. The highest BCUT2D eigenvalue weighted by Crippen LogP contribution is 2.30. The number of hydrogen-bond acceptors (Lipinski definition) is 5. The Morgan fingerprint density at radius 1 is 1.14 bits per heavy atom. The molecule has 6 rings (SSSR count). The van der Waals surface area contributed by atoms with Gasteiger partial charge in [-0.3, -0.25) is 10.1 Å². The second-order valence-electron chi connectivity index (χ2n) is 11.4. The second kappa shape index (κ2) is 12.2. The van der Waals surface area contributed by atoms with E-state index in [0.717, 1.165) is 80.3 Å². The van der Waals surface area contributed by atoms with Gasteiger partial charge in [0.2, 0.25) is 0 Å². The highest BCUT2D eigenvalue weighted by Gasteiger charge is 2.15. The number of hydrogen-bond donors (Lipinski definition) is 4. The van der Waals surface area contributed by atoms with Gasteiger partial charge in [0.25, 0.3) is 0 Å². The number of nitrogens with zero attached hydrogens (tertiary/aromatic N) is 3. The summed E-state index contributed by atoms with van der Waals surface area (Å²) >= 11 is 0. The number of fused-ring (bicyclic) bond motifs is 1. The lowest BCUT2D eigenvalue weighted by molar-refractivity contribution is 0.373. The lowest BCUT2D eigenvalue weighted by Crippen LogP contribution is -2.28. The number of nitrogens with one attached hydrogen (secondary N) is 4. The van der Waals surface area contributed by atoms with Gasteiger partial charge < -0.3 is 15.6 Å². The van der Waals surface area contributed by atoms with Crippen molar-refractivity contribution in [1.29, 1.82) is 0 Å². The molecule has 0 aliphatic carbocycles.